The smallest absolute Gasteiger partial charge is 0.410 e. The van der Waals surface area contributed by atoms with E-state index in [1.165, 1.54) is 4.90 Å². The molecule has 0 spiro atoms. The van der Waals surface area contributed by atoms with Crippen molar-refractivity contribution < 1.29 is 14.6 Å². The minimum atomic E-state index is -0.702. The lowest BCUT2D eigenvalue weighted by Crippen LogP contribution is -2.43. The summed E-state index contributed by atoms with van der Waals surface area (Å²) in [4.78, 5) is 14.0. The highest BCUT2D eigenvalue weighted by molar-refractivity contribution is 5.68. The van der Waals surface area contributed by atoms with E-state index < -0.39 is 17.8 Å². The van der Waals surface area contributed by atoms with Crippen LogP contribution in [-0.4, -0.2) is 47.4 Å². The second-order valence-electron chi connectivity index (χ2n) is 7.61. The van der Waals surface area contributed by atoms with E-state index in [4.69, 9.17) is 4.74 Å². The number of nitrogens with zero attached hydrogens (tertiary/aromatic N) is 1. The Morgan fingerprint density at radius 3 is 2.50 bits per heavy atom. The molecule has 1 unspecified atom stereocenters. The molecule has 5 nitrogen and oxygen atoms in total. The van der Waals surface area contributed by atoms with Crippen LogP contribution in [0.25, 0.3) is 0 Å². The van der Waals surface area contributed by atoms with Gasteiger partial charge in [0.2, 0.25) is 0 Å². The summed E-state index contributed by atoms with van der Waals surface area (Å²) in [6, 6.07) is 9.67. The summed E-state index contributed by atoms with van der Waals surface area (Å²) in [6.07, 6.45) is -1.13. The molecule has 1 aromatic carbocycles. The molecule has 1 amide bonds. The summed E-state index contributed by atoms with van der Waals surface area (Å²) < 4.78 is 5.48. The highest BCUT2D eigenvalue weighted by atomic mass is 16.6. The number of aliphatic hydroxyl groups is 1. The molecule has 5 heteroatoms. The normalized spacial score (nSPS) is 12.3. The lowest BCUT2D eigenvalue weighted by molar-refractivity contribution is 0.0128. The molecule has 0 radical (unpaired) electrons. The molecule has 0 fully saturated rings. The minimum absolute atomic E-state index is 0.189. The van der Waals surface area contributed by atoms with E-state index >= 15 is 0 Å². The monoisotopic (exact) mass is 360 g/mol. The van der Waals surface area contributed by atoms with E-state index in [9.17, 15) is 9.90 Å². The van der Waals surface area contributed by atoms with Crippen molar-refractivity contribution >= 4 is 6.09 Å². The van der Waals surface area contributed by atoms with E-state index in [0.717, 1.165) is 5.56 Å². The predicted octanol–water partition coefficient (Wildman–Crippen LogP) is 3.03. The third kappa shape index (κ3) is 10.1. The van der Waals surface area contributed by atoms with Crippen molar-refractivity contribution in [3.05, 3.63) is 35.9 Å². The Labute approximate surface area is 157 Å². The number of benzene rings is 1. The van der Waals surface area contributed by atoms with Crippen molar-refractivity contribution in [1.82, 2.24) is 10.2 Å². The van der Waals surface area contributed by atoms with Crippen LogP contribution >= 0.6 is 0 Å². The first-order valence-electron chi connectivity index (χ1n) is 9.06. The van der Waals surface area contributed by atoms with Gasteiger partial charge in [-0.1, -0.05) is 56.0 Å². The summed E-state index contributed by atoms with van der Waals surface area (Å²) in [5, 5.41) is 13.4. The summed E-state index contributed by atoms with van der Waals surface area (Å²) in [5.74, 6) is 6.40. The molecule has 0 bridgehead atoms. The summed E-state index contributed by atoms with van der Waals surface area (Å²) >= 11 is 0. The summed E-state index contributed by atoms with van der Waals surface area (Å²) in [7, 11) is 0. The zero-order valence-corrected chi connectivity index (χ0v) is 16.6. The summed E-state index contributed by atoms with van der Waals surface area (Å²) in [6.45, 7) is 11.0. The Morgan fingerprint density at radius 1 is 1.27 bits per heavy atom. The Bertz CT molecular complexity index is 597. The number of rotatable bonds is 7. The van der Waals surface area contributed by atoms with Gasteiger partial charge in [0, 0.05) is 19.0 Å². The lowest BCUT2D eigenvalue weighted by atomic mass is 10.2. The highest BCUT2D eigenvalue weighted by Crippen LogP contribution is 2.13. The van der Waals surface area contributed by atoms with Crippen LogP contribution in [0.1, 0.15) is 40.2 Å². The maximum Gasteiger partial charge on any atom is 0.410 e. The molecule has 0 aliphatic heterocycles. The highest BCUT2D eigenvalue weighted by Gasteiger charge is 2.24. The molecule has 0 aliphatic rings. The van der Waals surface area contributed by atoms with Gasteiger partial charge in [-0.05, 0) is 26.3 Å². The molecule has 0 aliphatic carbocycles. The average Bonchev–Trinajstić information content (AvgIpc) is 2.53. The van der Waals surface area contributed by atoms with Gasteiger partial charge in [-0.3, -0.25) is 0 Å². The van der Waals surface area contributed by atoms with Gasteiger partial charge in [0.1, 0.15) is 5.60 Å². The average molecular weight is 360 g/mol. The first kappa shape index (κ1) is 22.0. The Morgan fingerprint density at radius 2 is 1.92 bits per heavy atom. The van der Waals surface area contributed by atoms with Crippen LogP contribution in [0.2, 0.25) is 0 Å². The fraction of sp³-hybridized carbons (Fsp3) is 0.571. The quantitative estimate of drug-likeness (QED) is 0.580. The lowest BCUT2D eigenvalue weighted by Gasteiger charge is -2.29. The Hall–Kier alpha value is -2.03. The van der Waals surface area contributed by atoms with Gasteiger partial charge >= 0.3 is 6.09 Å². The van der Waals surface area contributed by atoms with Crippen LogP contribution in [0.5, 0.6) is 0 Å². The third-order valence-electron chi connectivity index (χ3n) is 3.28. The zero-order chi connectivity index (χ0) is 19.6. The van der Waals surface area contributed by atoms with Crippen molar-refractivity contribution in [2.45, 2.75) is 52.9 Å². The predicted molar refractivity (Wildman–Crippen MR) is 105 cm³/mol. The fourth-order valence-electron chi connectivity index (χ4n) is 2.21. The van der Waals surface area contributed by atoms with Gasteiger partial charge in [-0.2, -0.15) is 0 Å². The molecule has 0 saturated carbocycles. The third-order valence-corrected chi connectivity index (χ3v) is 3.28. The topological polar surface area (TPSA) is 61.8 Å². The van der Waals surface area contributed by atoms with Crippen LogP contribution in [0, 0.1) is 17.8 Å². The number of hydrogen-bond donors (Lipinski definition) is 2. The van der Waals surface area contributed by atoms with E-state index in [0.29, 0.717) is 25.6 Å². The van der Waals surface area contributed by atoms with Gasteiger partial charge in [0.15, 0.2) is 0 Å². The van der Waals surface area contributed by atoms with Crippen LogP contribution < -0.4 is 5.32 Å². The van der Waals surface area contributed by atoms with Crippen molar-refractivity contribution in [3.8, 4) is 11.8 Å². The number of carbonyl (C=O) groups excluding carboxylic acids is 1. The van der Waals surface area contributed by atoms with E-state index in [-0.39, 0.29) is 6.54 Å². The minimum Gasteiger partial charge on any atom is -0.444 e. The number of nitrogens with one attached hydrogen (secondary N) is 1. The molecular formula is C21H32N2O3. The maximum atomic E-state index is 12.5. The number of hydrogen-bond acceptors (Lipinski definition) is 4. The van der Waals surface area contributed by atoms with Crippen LogP contribution in [0.15, 0.2) is 30.3 Å². The molecule has 26 heavy (non-hydrogen) atoms. The van der Waals surface area contributed by atoms with Gasteiger partial charge in [-0.15, -0.1) is 0 Å². The van der Waals surface area contributed by atoms with Crippen molar-refractivity contribution in [3.63, 3.8) is 0 Å². The van der Waals surface area contributed by atoms with Gasteiger partial charge < -0.3 is 20.1 Å². The van der Waals surface area contributed by atoms with Crippen molar-refractivity contribution in [2.75, 3.05) is 19.6 Å². The van der Waals surface area contributed by atoms with E-state index in [1.807, 2.05) is 65.0 Å². The fourth-order valence-corrected chi connectivity index (χ4v) is 2.21. The van der Waals surface area contributed by atoms with Gasteiger partial charge in [0.05, 0.1) is 19.2 Å². The maximum absolute atomic E-state index is 12.5. The molecule has 0 aromatic heterocycles. The van der Waals surface area contributed by atoms with Crippen molar-refractivity contribution in [2.24, 2.45) is 5.92 Å². The zero-order valence-electron chi connectivity index (χ0n) is 16.6. The molecule has 1 rings (SSSR count). The largest absolute Gasteiger partial charge is 0.444 e. The van der Waals surface area contributed by atoms with Crippen LogP contribution in [-0.2, 0) is 11.3 Å². The van der Waals surface area contributed by atoms with Crippen molar-refractivity contribution in [1.29, 1.82) is 0 Å². The SMILES string of the molecule is CC(C)C#CCNCC(O)CN(Cc1ccccc1)C(=O)OC(C)(C)C. The molecule has 0 heterocycles. The number of aliphatic hydroxyl groups excluding tert-OH is 1. The van der Waals surface area contributed by atoms with E-state index in [1.54, 1.807) is 0 Å². The molecule has 144 valence electrons. The van der Waals surface area contributed by atoms with Crippen LogP contribution in [0.3, 0.4) is 0 Å². The molecular weight excluding hydrogens is 328 g/mol. The number of carbonyl (C=O) groups is 1. The first-order chi connectivity index (χ1) is 12.2. The molecule has 1 aromatic rings. The van der Waals surface area contributed by atoms with E-state index in [2.05, 4.69) is 17.2 Å². The van der Waals surface area contributed by atoms with Gasteiger partial charge in [0.25, 0.3) is 0 Å². The Kier molecular flexibility index (Phi) is 9.18. The molecule has 1 atom stereocenters. The van der Waals surface area contributed by atoms with Crippen LogP contribution in [0.4, 0.5) is 4.79 Å². The number of amides is 1. The second-order valence-corrected chi connectivity index (χ2v) is 7.61. The summed E-state index contributed by atoms with van der Waals surface area (Å²) in [5.41, 5.74) is 0.406. The molecule has 0 saturated heterocycles. The molecule has 2 N–H and O–H groups in total. The number of ether oxygens (including phenoxy) is 1. The first-order valence-corrected chi connectivity index (χ1v) is 9.06. The second kappa shape index (κ2) is 10.8. The standard InChI is InChI=1S/C21H32N2O3/c1-17(2)10-9-13-22-14-19(24)16-23(20(25)26-21(3,4)5)15-18-11-7-6-8-12-18/h6-8,11-12,17,19,22,24H,13-16H2,1-5H3. The Balaban J connectivity index is 2.63. The van der Waals surface area contributed by atoms with Gasteiger partial charge in [-0.25, -0.2) is 4.79 Å².